The number of benzene rings is 2. The number of carbonyl (C=O) groups is 2. The molecule has 0 aliphatic carbocycles. The zero-order valence-electron chi connectivity index (χ0n) is 21.9. The Bertz CT molecular complexity index is 1280. The average Bonchev–Trinajstić information content (AvgIpc) is 3.33. The molecule has 0 bridgehead atoms. The van der Waals surface area contributed by atoms with Crippen molar-refractivity contribution in [3.05, 3.63) is 88.1 Å². The fourth-order valence-corrected chi connectivity index (χ4v) is 5.82. The van der Waals surface area contributed by atoms with Crippen molar-refractivity contribution in [2.24, 2.45) is 4.99 Å². The van der Waals surface area contributed by atoms with E-state index in [1.807, 2.05) is 76.7 Å². The van der Waals surface area contributed by atoms with Gasteiger partial charge in [0.1, 0.15) is 12.4 Å². The number of esters is 1. The summed E-state index contributed by atoms with van der Waals surface area (Å²) in [5.41, 5.74) is 3.72. The minimum atomic E-state index is -0.474. The number of nitrogens with zero attached hydrogens (tertiary/aromatic N) is 4. The number of hydrogen-bond donors (Lipinski definition) is 0. The van der Waals surface area contributed by atoms with Crippen LogP contribution in [-0.2, 0) is 20.9 Å². The molecule has 0 N–H and O–H groups in total. The molecule has 3 aliphatic rings. The molecule has 38 heavy (non-hydrogen) atoms. The molecular formula is C29H32N4O4S. The fraction of sp³-hybridized carbons (Fsp3) is 0.345. The fourth-order valence-electron chi connectivity index (χ4n) is 4.86. The largest absolute Gasteiger partial charge is 0.497 e. The van der Waals surface area contributed by atoms with Crippen LogP contribution >= 0.6 is 11.8 Å². The van der Waals surface area contributed by atoms with Crippen molar-refractivity contribution in [3.8, 4) is 5.75 Å². The van der Waals surface area contributed by atoms with Crippen LogP contribution in [0, 0.1) is 0 Å². The number of ether oxygens (including phenoxy) is 2. The van der Waals surface area contributed by atoms with Crippen LogP contribution in [-0.4, -0.2) is 72.1 Å². The monoisotopic (exact) mass is 532 g/mol. The number of thioether (sulfide) groups is 1. The summed E-state index contributed by atoms with van der Waals surface area (Å²) in [4.78, 5) is 37.8. The maximum absolute atomic E-state index is 13.6. The van der Waals surface area contributed by atoms with Gasteiger partial charge in [0.15, 0.2) is 5.17 Å². The first kappa shape index (κ1) is 26.1. The SMILES string of the molecule is COc1ccc(C2C(C(=O)OCc3ccccc3)=C(C)N=C3SC=C(CC(=O)N4CCN(C)CC4)N32)cc1. The summed E-state index contributed by atoms with van der Waals surface area (Å²) in [6.07, 6.45) is 0.244. The van der Waals surface area contributed by atoms with Crippen molar-refractivity contribution >= 4 is 28.8 Å². The molecule has 2 aromatic rings. The number of piperazine rings is 1. The van der Waals surface area contributed by atoms with Crippen LogP contribution in [0.3, 0.4) is 0 Å². The Morgan fingerprint density at radius 3 is 2.42 bits per heavy atom. The molecule has 1 atom stereocenters. The van der Waals surface area contributed by atoms with E-state index < -0.39 is 12.0 Å². The summed E-state index contributed by atoms with van der Waals surface area (Å²) in [5.74, 6) is 0.389. The maximum atomic E-state index is 13.6. The van der Waals surface area contributed by atoms with Crippen LogP contribution in [0.2, 0.25) is 0 Å². The highest BCUT2D eigenvalue weighted by Crippen LogP contribution is 2.45. The van der Waals surface area contributed by atoms with Crippen LogP contribution in [0.25, 0.3) is 0 Å². The van der Waals surface area contributed by atoms with E-state index in [-0.39, 0.29) is 18.9 Å². The minimum Gasteiger partial charge on any atom is -0.497 e. The molecule has 9 heteroatoms. The van der Waals surface area contributed by atoms with Gasteiger partial charge in [0.2, 0.25) is 5.91 Å². The normalized spacial score (nSPS) is 19.6. The summed E-state index contributed by atoms with van der Waals surface area (Å²) in [5, 5.41) is 2.73. The third-order valence-corrected chi connectivity index (χ3v) is 7.94. The number of fused-ring (bicyclic) bond motifs is 1. The summed E-state index contributed by atoms with van der Waals surface area (Å²) in [6, 6.07) is 16.8. The van der Waals surface area contributed by atoms with Crippen molar-refractivity contribution in [1.29, 1.82) is 0 Å². The number of rotatable bonds is 7. The molecule has 0 radical (unpaired) electrons. The lowest BCUT2D eigenvalue weighted by Crippen LogP contribution is -2.47. The van der Waals surface area contributed by atoms with Crippen molar-refractivity contribution < 1.29 is 19.1 Å². The molecular weight excluding hydrogens is 500 g/mol. The third-order valence-electron chi connectivity index (χ3n) is 7.05. The van der Waals surface area contributed by atoms with Crippen LogP contribution in [0.1, 0.15) is 30.5 Å². The molecule has 3 aliphatic heterocycles. The number of methoxy groups -OCH3 is 1. The van der Waals surface area contributed by atoms with Crippen molar-refractivity contribution in [1.82, 2.24) is 14.7 Å². The van der Waals surface area contributed by atoms with Crippen LogP contribution in [0.15, 0.2) is 82.0 Å². The van der Waals surface area contributed by atoms with E-state index in [1.54, 1.807) is 7.11 Å². The number of allylic oxidation sites excluding steroid dienone is 1. The van der Waals surface area contributed by atoms with E-state index in [0.29, 0.717) is 24.4 Å². The number of amidine groups is 1. The third kappa shape index (κ3) is 5.49. The zero-order valence-corrected chi connectivity index (χ0v) is 22.7. The van der Waals surface area contributed by atoms with Gasteiger partial charge in [-0.15, -0.1) is 0 Å². The smallest absolute Gasteiger partial charge is 0.338 e. The Kier molecular flexibility index (Phi) is 7.85. The Morgan fingerprint density at radius 1 is 1.03 bits per heavy atom. The second-order valence-electron chi connectivity index (χ2n) is 9.59. The minimum absolute atomic E-state index is 0.0826. The van der Waals surface area contributed by atoms with E-state index in [2.05, 4.69) is 11.9 Å². The van der Waals surface area contributed by atoms with Gasteiger partial charge in [0.05, 0.1) is 30.8 Å². The van der Waals surface area contributed by atoms with Gasteiger partial charge in [-0.05, 0) is 42.6 Å². The number of carbonyl (C=O) groups excluding carboxylic acids is 2. The van der Waals surface area contributed by atoms with Gasteiger partial charge in [-0.1, -0.05) is 54.2 Å². The van der Waals surface area contributed by atoms with Gasteiger partial charge in [-0.25, -0.2) is 9.79 Å². The molecule has 3 heterocycles. The summed E-state index contributed by atoms with van der Waals surface area (Å²) >= 11 is 1.48. The average molecular weight is 533 g/mol. The van der Waals surface area contributed by atoms with E-state index in [4.69, 9.17) is 14.5 Å². The lowest BCUT2D eigenvalue weighted by molar-refractivity contribution is -0.141. The molecule has 0 saturated carbocycles. The summed E-state index contributed by atoms with van der Waals surface area (Å²) in [7, 11) is 3.69. The second-order valence-corrected chi connectivity index (χ2v) is 10.4. The molecule has 1 amide bonds. The van der Waals surface area contributed by atoms with Gasteiger partial charge in [-0.2, -0.15) is 0 Å². The van der Waals surface area contributed by atoms with E-state index in [1.165, 1.54) is 11.8 Å². The van der Waals surface area contributed by atoms with E-state index >= 15 is 0 Å². The highest BCUT2D eigenvalue weighted by atomic mass is 32.2. The molecule has 2 aromatic carbocycles. The molecule has 8 nitrogen and oxygen atoms in total. The Labute approximate surface area is 227 Å². The number of hydrogen-bond acceptors (Lipinski definition) is 8. The quantitative estimate of drug-likeness (QED) is 0.496. The highest BCUT2D eigenvalue weighted by Gasteiger charge is 2.41. The number of amides is 1. The molecule has 0 aromatic heterocycles. The Hall–Kier alpha value is -3.56. The van der Waals surface area contributed by atoms with Crippen molar-refractivity contribution in [2.45, 2.75) is 26.0 Å². The number of aliphatic imine (C=N–C) groups is 1. The topological polar surface area (TPSA) is 74.7 Å². The number of likely N-dealkylation sites (N-methyl/N-ethyl adjacent to an activating group) is 1. The molecule has 1 unspecified atom stereocenters. The first-order valence-corrected chi connectivity index (χ1v) is 13.6. The van der Waals surface area contributed by atoms with Gasteiger partial charge < -0.3 is 24.2 Å². The van der Waals surface area contributed by atoms with Gasteiger partial charge >= 0.3 is 5.97 Å². The first-order chi connectivity index (χ1) is 18.4. The van der Waals surface area contributed by atoms with Gasteiger partial charge in [0, 0.05) is 31.9 Å². The van der Waals surface area contributed by atoms with Gasteiger partial charge in [0.25, 0.3) is 0 Å². The molecule has 5 rings (SSSR count). The zero-order chi connectivity index (χ0) is 26.6. The Morgan fingerprint density at radius 2 is 1.74 bits per heavy atom. The second kappa shape index (κ2) is 11.4. The summed E-state index contributed by atoms with van der Waals surface area (Å²) < 4.78 is 11.1. The molecule has 1 fully saturated rings. The van der Waals surface area contributed by atoms with E-state index in [9.17, 15) is 9.59 Å². The maximum Gasteiger partial charge on any atom is 0.338 e. The van der Waals surface area contributed by atoms with Crippen LogP contribution in [0.5, 0.6) is 5.75 Å². The van der Waals surface area contributed by atoms with Crippen LogP contribution < -0.4 is 4.74 Å². The predicted molar refractivity (Wildman–Crippen MR) is 148 cm³/mol. The lowest BCUT2D eigenvalue weighted by Gasteiger charge is -2.37. The molecule has 0 spiro atoms. The van der Waals surface area contributed by atoms with Crippen LogP contribution in [0.4, 0.5) is 0 Å². The predicted octanol–water partition coefficient (Wildman–Crippen LogP) is 4.18. The van der Waals surface area contributed by atoms with Crippen molar-refractivity contribution in [3.63, 3.8) is 0 Å². The standard InChI is InChI=1S/C29H32N4O4S/c1-20-26(28(35)37-18-21-7-5-4-6-8-21)27(22-9-11-24(36-3)12-10-22)33-23(19-38-29(33)30-20)17-25(34)32-15-13-31(2)14-16-32/h4-12,19,27H,13-18H2,1-3H3. The molecule has 198 valence electrons. The first-order valence-electron chi connectivity index (χ1n) is 12.7. The summed E-state index contributed by atoms with van der Waals surface area (Å²) in [6.45, 7) is 5.17. The van der Waals surface area contributed by atoms with Crippen molar-refractivity contribution in [2.75, 3.05) is 40.3 Å². The van der Waals surface area contributed by atoms with E-state index in [0.717, 1.165) is 40.8 Å². The highest BCUT2D eigenvalue weighted by molar-refractivity contribution is 8.16. The lowest BCUT2D eigenvalue weighted by atomic mass is 9.93. The van der Waals surface area contributed by atoms with Gasteiger partial charge in [-0.3, -0.25) is 4.79 Å². The Balaban J connectivity index is 1.44. The molecule has 1 saturated heterocycles.